The molecule has 0 aliphatic carbocycles. The molecular formula is C23H24FN4O9P. The molecule has 0 fully saturated rings. The highest BCUT2D eigenvalue weighted by molar-refractivity contribution is 7.46. The van der Waals surface area contributed by atoms with Crippen molar-refractivity contribution in [2.45, 2.75) is 32.2 Å². The summed E-state index contributed by atoms with van der Waals surface area (Å²) in [5.74, 6) is -3.10. The van der Waals surface area contributed by atoms with Crippen molar-refractivity contribution in [2.75, 3.05) is 18.7 Å². The van der Waals surface area contributed by atoms with Crippen molar-refractivity contribution in [3.63, 3.8) is 0 Å². The van der Waals surface area contributed by atoms with Gasteiger partial charge < -0.3 is 29.5 Å². The predicted molar refractivity (Wildman–Crippen MR) is 128 cm³/mol. The Kier molecular flexibility index (Phi) is 6.21. The molecule has 38 heavy (non-hydrogen) atoms. The van der Waals surface area contributed by atoms with Gasteiger partial charge in [-0.2, -0.15) is 0 Å². The van der Waals surface area contributed by atoms with E-state index in [0.29, 0.717) is 10.5 Å². The quantitative estimate of drug-likeness (QED) is 0.299. The van der Waals surface area contributed by atoms with Crippen LogP contribution in [0.4, 0.5) is 10.2 Å². The Hall–Kier alpha value is -3.84. The Morgan fingerprint density at radius 3 is 2.55 bits per heavy atom. The van der Waals surface area contributed by atoms with E-state index in [1.165, 1.54) is 31.4 Å². The number of fused-ring (bicyclic) bond motifs is 1. The van der Waals surface area contributed by atoms with E-state index in [0.717, 1.165) is 13.1 Å². The summed E-state index contributed by atoms with van der Waals surface area (Å²) >= 11 is 0. The van der Waals surface area contributed by atoms with Crippen molar-refractivity contribution < 1.29 is 51.9 Å². The van der Waals surface area contributed by atoms with E-state index in [1.807, 2.05) is 0 Å². The molecule has 1 atom stereocenters. The van der Waals surface area contributed by atoms with Crippen LogP contribution in [0, 0.1) is 5.82 Å². The molecule has 0 saturated heterocycles. The van der Waals surface area contributed by atoms with Crippen LogP contribution >= 0.6 is 7.82 Å². The molecule has 202 valence electrons. The third kappa shape index (κ3) is 5.83. The lowest BCUT2D eigenvalue weighted by atomic mass is 10.1. The number of rotatable bonds is 8. The molecule has 0 bridgehead atoms. The maximum Gasteiger partial charge on any atom is 0.471 e. The van der Waals surface area contributed by atoms with Gasteiger partial charge in [0.2, 0.25) is 5.75 Å². The minimum absolute atomic E-state index is 0.000446. The zero-order valence-electron chi connectivity index (χ0n) is 23.0. The zero-order chi connectivity index (χ0) is 30.3. The van der Waals surface area contributed by atoms with Crippen molar-refractivity contribution in [3.05, 3.63) is 59.1 Å². The Morgan fingerprint density at radius 2 is 1.92 bits per heavy atom. The van der Waals surface area contributed by atoms with Crippen molar-refractivity contribution >= 4 is 19.5 Å². The number of phenols is 2. The second-order valence-electron chi connectivity index (χ2n) is 8.34. The number of phosphoric ester groups is 1. The summed E-state index contributed by atoms with van der Waals surface area (Å²) in [6, 6.07) is 5.31. The van der Waals surface area contributed by atoms with E-state index < -0.39 is 38.7 Å². The van der Waals surface area contributed by atoms with Crippen molar-refractivity contribution in [3.8, 4) is 23.0 Å². The van der Waals surface area contributed by atoms with Gasteiger partial charge in [-0.1, -0.05) is 0 Å². The number of halogens is 1. The predicted octanol–water partition coefficient (Wildman–Crippen LogP) is 2.18. The van der Waals surface area contributed by atoms with Crippen LogP contribution in [-0.4, -0.2) is 60.3 Å². The first kappa shape index (κ1) is 23.3. The number of ether oxygens (including phenoxy) is 2. The van der Waals surface area contributed by atoms with Gasteiger partial charge in [0, 0.05) is 22.6 Å². The Morgan fingerprint density at radius 1 is 1.21 bits per heavy atom. The molecule has 13 nitrogen and oxygen atoms in total. The van der Waals surface area contributed by atoms with Crippen LogP contribution < -0.4 is 14.4 Å². The number of amides is 1. The van der Waals surface area contributed by atoms with Crippen LogP contribution in [0.2, 0.25) is 0 Å². The smallest absolute Gasteiger partial charge is 0.471 e. The summed E-state index contributed by atoms with van der Waals surface area (Å²) in [6.45, 7) is -3.02. The van der Waals surface area contributed by atoms with E-state index in [-0.39, 0.29) is 58.9 Å². The zero-order valence-corrected chi connectivity index (χ0v) is 20.8. The topological polar surface area (TPSA) is 185 Å². The summed E-state index contributed by atoms with van der Waals surface area (Å²) in [6.07, 6.45) is 0.680. The number of carbonyl (C=O) groups excluding carboxylic acids is 1. The molecular weight excluding hydrogens is 526 g/mol. The first-order chi connectivity index (χ1) is 19.0. The van der Waals surface area contributed by atoms with E-state index in [2.05, 4.69) is 19.5 Å². The molecule has 0 radical (unpaired) electrons. The van der Waals surface area contributed by atoms with Gasteiger partial charge in [-0.05, 0) is 43.6 Å². The highest BCUT2D eigenvalue weighted by Crippen LogP contribution is 2.41. The van der Waals surface area contributed by atoms with Gasteiger partial charge in [-0.3, -0.25) is 14.2 Å². The average molecular weight is 553 g/mol. The Labute approximate surface area is 219 Å². The van der Waals surface area contributed by atoms with E-state index in [4.69, 9.17) is 23.4 Å². The number of phenolic OH excluding ortho intramolecular Hbond substituents is 2. The fourth-order valence-electron chi connectivity index (χ4n) is 3.69. The van der Waals surface area contributed by atoms with Gasteiger partial charge in [0.05, 0.1) is 19.0 Å². The first-order valence-electron chi connectivity index (χ1n) is 12.3. The Balaban J connectivity index is 1.66. The summed E-state index contributed by atoms with van der Waals surface area (Å²) in [5, 5.41) is 20.0. The molecule has 1 aliphatic heterocycles. The molecule has 0 saturated carbocycles. The monoisotopic (exact) mass is 553 g/mol. The number of benzene rings is 1. The highest BCUT2D eigenvalue weighted by atomic mass is 31.2. The fraction of sp³-hybridized carbons (Fsp3) is 0.304. The van der Waals surface area contributed by atoms with Gasteiger partial charge in [-0.25, -0.2) is 23.9 Å². The molecule has 4 N–H and O–H groups in total. The van der Waals surface area contributed by atoms with Crippen LogP contribution in [0.5, 0.6) is 23.0 Å². The maximum absolute atomic E-state index is 14.7. The second kappa shape index (κ2) is 10.1. The lowest BCUT2D eigenvalue weighted by Crippen LogP contribution is -2.53. The molecule has 0 spiro atoms. The highest BCUT2D eigenvalue weighted by Gasteiger charge is 2.42. The summed E-state index contributed by atoms with van der Waals surface area (Å²) in [5.41, 5.74) is -2.00. The molecule has 4 rings (SSSR count). The number of anilines is 1. The minimum atomic E-state index is -5.08. The van der Waals surface area contributed by atoms with Crippen molar-refractivity contribution in [2.24, 2.45) is 0 Å². The number of hydrogen-bond acceptors (Lipinski definition) is 10. The number of methoxy groups -OCH3 is 1. The summed E-state index contributed by atoms with van der Waals surface area (Å²) in [7, 11) is -3.81. The third-order valence-corrected chi connectivity index (χ3v) is 5.82. The fourth-order valence-corrected chi connectivity index (χ4v) is 3.96. The van der Waals surface area contributed by atoms with Crippen LogP contribution in [0.15, 0.2) is 30.5 Å². The number of hydrogen-bond donors (Lipinski definition) is 4. The Bertz CT molecular complexity index is 1530. The molecule has 1 amide bonds. The van der Waals surface area contributed by atoms with Gasteiger partial charge >= 0.3 is 7.82 Å². The SMILES string of the molecule is [2H]C([2H])([2H])C1(C)Oc2ccc(Cc3nc(Cc4cc(O)c(OC)c(O)c4)ncc3F)nc2N(COP(=O)(O)O)C1=O. The van der Waals surface area contributed by atoms with Crippen LogP contribution in [0.25, 0.3) is 0 Å². The normalized spacial score (nSPS) is 18.7. The molecule has 3 aromatic rings. The number of aromatic hydroxyl groups is 2. The summed E-state index contributed by atoms with van der Waals surface area (Å²) < 4.78 is 64.1. The lowest BCUT2D eigenvalue weighted by Gasteiger charge is -2.37. The number of nitrogens with zero attached hydrogens (tertiary/aromatic N) is 4. The van der Waals surface area contributed by atoms with E-state index in [9.17, 15) is 24.0 Å². The summed E-state index contributed by atoms with van der Waals surface area (Å²) in [4.78, 5) is 44.4. The average Bonchev–Trinajstić information content (AvgIpc) is 2.85. The van der Waals surface area contributed by atoms with Gasteiger partial charge in [0.1, 0.15) is 12.6 Å². The molecule has 1 aliphatic rings. The third-order valence-electron chi connectivity index (χ3n) is 5.37. The molecule has 15 heteroatoms. The van der Waals surface area contributed by atoms with Gasteiger partial charge in [0.25, 0.3) is 5.91 Å². The minimum Gasteiger partial charge on any atom is -0.504 e. The molecule has 2 aromatic heterocycles. The lowest BCUT2D eigenvalue weighted by molar-refractivity contribution is -0.133. The second-order valence-corrected chi connectivity index (χ2v) is 9.58. The number of phosphoric acid groups is 1. The number of aromatic nitrogens is 3. The standard InChI is InChI=1S/C23H24FN4O9P/c1-23(2)22(31)28(11-36-38(32,33)34)21-18(37-23)5-4-13(26-21)9-15-14(24)10-25-19(27-15)8-12-6-16(29)20(35-3)17(30)7-12/h4-7,10,29-30H,8-9,11H2,1-3H3,(H2,32,33,34)/i1D3. The number of carbonyl (C=O) groups is 1. The van der Waals surface area contributed by atoms with Crippen molar-refractivity contribution in [1.82, 2.24) is 15.0 Å². The molecule has 1 aromatic carbocycles. The van der Waals surface area contributed by atoms with Gasteiger partial charge in [0.15, 0.2) is 34.5 Å². The largest absolute Gasteiger partial charge is 0.504 e. The maximum atomic E-state index is 14.7. The van der Waals surface area contributed by atoms with Crippen molar-refractivity contribution in [1.29, 1.82) is 0 Å². The van der Waals surface area contributed by atoms with Crippen LogP contribution in [0.3, 0.4) is 0 Å². The first-order valence-corrected chi connectivity index (χ1v) is 12.4. The molecule has 3 heterocycles. The van der Waals surface area contributed by atoms with Crippen LogP contribution in [0.1, 0.15) is 40.7 Å². The van der Waals surface area contributed by atoms with E-state index in [1.54, 1.807) is 0 Å². The van der Waals surface area contributed by atoms with E-state index >= 15 is 0 Å². The molecule has 1 unspecified atom stereocenters. The van der Waals surface area contributed by atoms with Gasteiger partial charge in [-0.15, -0.1) is 0 Å². The van der Waals surface area contributed by atoms with Crippen LogP contribution in [-0.2, 0) is 26.7 Å². The number of pyridine rings is 1.